The fourth-order valence-corrected chi connectivity index (χ4v) is 4.64. The van der Waals surface area contributed by atoms with Gasteiger partial charge in [-0.3, -0.25) is 18.8 Å². The van der Waals surface area contributed by atoms with Gasteiger partial charge in [0, 0.05) is 42.4 Å². The molecule has 2 aromatic heterocycles. The van der Waals surface area contributed by atoms with Crippen LogP contribution in [0.2, 0.25) is 0 Å². The van der Waals surface area contributed by atoms with Crippen molar-refractivity contribution >= 4 is 17.7 Å². The fourth-order valence-electron chi connectivity index (χ4n) is 3.73. The second kappa shape index (κ2) is 8.84. The third-order valence-corrected chi connectivity index (χ3v) is 6.28. The molecule has 4 aromatic rings. The maximum absolute atomic E-state index is 12.8. The predicted octanol–water partition coefficient (Wildman–Crippen LogP) is 3.19. The topological polar surface area (TPSA) is 81.8 Å². The van der Waals surface area contributed by atoms with E-state index < -0.39 is 5.91 Å². The molecule has 2 aromatic carbocycles. The molecule has 1 aliphatic heterocycles. The van der Waals surface area contributed by atoms with Crippen molar-refractivity contribution in [3.8, 4) is 11.3 Å². The third kappa shape index (κ3) is 4.09. The van der Waals surface area contributed by atoms with Gasteiger partial charge in [-0.15, -0.1) is 0 Å². The minimum Gasteiger partial charge on any atom is -0.348 e. The first kappa shape index (κ1) is 20.3. The van der Waals surface area contributed by atoms with Crippen LogP contribution in [0.1, 0.15) is 21.5 Å². The summed E-state index contributed by atoms with van der Waals surface area (Å²) < 4.78 is 3.44. The number of rotatable bonds is 6. The number of carbonyl (C=O) groups is 1. The number of amides is 1. The first-order valence-corrected chi connectivity index (χ1v) is 11.3. The van der Waals surface area contributed by atoms with Crippen LogP contribution in [0.25, 0.3) is 11.3 Å². The highest BCUT2D eigenvalue weighted by atomic mass is 32.2. The standard InChI is InChI=1S/C24H21N5O2S/c30-22(20-14-26-24-29(23(20)31)11-12-32-24)25-13-19-16-28(15-17-7-3-1-4-8-17)27-21(19)18-9-5-2-6-10-18/h1-10,14,16H,11-13,15H2,(H,25,30). The molecule has 3 heterocycles. The number of benzene rings is 2. The highest BCUT2D eigenvalue weighted by Gasteiger charge is 2.20. The number of fused-ring (bicyclic) bond motifs is 1. The Balaban J connectivity index is 1.40. The van der Waals surface area contributed by atoms with Crippen LogP contribution in [0.3, 0.4) is 0 Å². The molecule has 160 valence electrons. The highest BCUT2D eigenvalue weighted by molar-refractivity contribution is 7.99. The SMILES string of the molecule is O=C(NCc1cn(Cc2ccccc2)nc1-c1ccccc1)c1cnc2n(c1=O)CCS2. The molecule has 8 heteroatoms. The van der Waals surface area contributed by atoms with Crippen molar-refractivity contribution in [1.29, 1.82) is 0 Å². The van der Waals surface area contributed by atoms with E-state index in [4.69, 9.17) is 5.10 Å². The predicted molar refractivity (Wildman–Crippen MR) is 124 cm³/mol. The van der Waals surface area contributed by atoms with Crippen LogP contribution in [-0.4, -0.2) is 31.0 Å². The van der Waals surface area contributed by atoms with E-state index in [1.165, 1.54) is 18.0 Å². The summed E-state index contributed by atoms with van der Waals surface area (Å²) in [6.45, 7) is 1.47. The minimum absolute atomic E-state index is 0.0641. The van der Waals surface area contributed by atoms with Gasteiger partial charge in [0.05, 0.1) is 12.2 Å². The number of carbonyl (C=O) groups excluding carboxylic acids is 1. The summed E-state index contributed by atoms with van der Waals surface area (Å²) in [5.74, 6) is 0.374. The Kier molecular flexibility index (Phi) is 5.60. The molecule has 0 atom stereocenters. The Morgan fingerprint density at radius 1 is 1.06 bits per heavy atom. The number of nitrogens with one attached hydrogen (secondary N) is 1. The average Bonchev–Trinajstić information content (AvgIpc) is 3.46. The summed E-state index contributed by atoms with van der Waals surface area (Å²) in [4.78, 5) is 29.7. The number of thioether (sulfide) groups is 1. The van der Waals surface area contributed by atoms with Crippen molar-refractivity contribution in [3.05, 3.63) is 100 Å². The van der Waals surface area contributed by atoms with Crippen molar-refractivity contribution in [2.24, 2.45) is 0 Å². The number of aromatic nitrogens is 4. The Bertz CT molecular complexity index is 1320. The molecule has 0 spiro atoms. The van der Waals surface area contributed by atoms with Crippen molar-refractivity contribution < 1.29 is 4.79 Å². The Hall–Kier alpha value is -3.65. The first-order chi connectivity index (χ1) is 15.7. The lowest BCUT2D eigenvalue weighted by molar-refractivity contribution is 0.0948. The lowest BCUT2D eigenvalue weighted by Gasteiger charge is -2.07. The van der Waals surface area contributed by atoms with E-state index in [2.05, 4.69) is 22.4 Å². The number of hydrogen-bond donors (Lipinski definition) is 1. The average molecular weight is 444 g/mol. The molecule has 1 N–H and O–H groups in total. The van der Waals surface area contributed by atoms with E-state index in [1.54, 1.807) is 4.57 Å². The number of nitrogens with zero attached hydrogens (tertiary/aromatic N) is 4. The summed E-state index contributed by atoms with van der Waals surface area (Å²) in [7, 11) is 0. The second-order valence-corrected chi connectivity index (χ2v) is 8.56. The zero-order chi connectivity index (χ0) is 21.9. The molecular formula is C24H21N5O2S. The zero-order valence-corrected chi connectivity index (χ0v) is 18.1. The molecule has 1 aliphatic rings. The van der Waals surface area contributed by atoms with Crippen molar-refractivity contribution in [1.82, 2.24) is 24.6 Å². The van der Waals surface area contributed by atoms with Gasteiger partial charge in [0.1, 0.15) is 5.56 Å². The molecule has 0 fully saturated rings. The van der Waals surface area contributed by atoms with Gasteiger partial charge in [0.25, 0.3) is 11.5 Å². The van der Waals surface area contributed by atoms with E-state index in [9.17, 15) is 9.59 Å². The fraction of sp³-hybridized carbons (Fsp3) is 0.167. The Labute approximate surface area is 189 Å². The largest absolute Gasteiger partial charge is 0.348 e. The second-order valence-electron chi connectivity index (χ2n) is 7.49. The van der Waals surface area contributed by atoms with Gasteiger partial charge in [-0.05, 0) is 5.56 Å². The van der Waals surface area contributed by atoms with Crippen LogP contribution in [0, 0.1) is 0 Å². The quantitative estimate of drug-likeness (QED) is 0.463. The van der Waals surface area contributed by atoms with Gasteiger partial charge in [-0.2, -0.15) is 5.10 Å². The zero-order valence-electron chi connectivity index (χ0n) is 17.3. The molecule has 5 rings (SSSR count). The molecule has 0 bridgehead atoms. The van der Waals surface area contributed by atoms with Gasteiger partial charge in [-0.1, -0.05) is 72.4 Å². The van der Waals surface area contributed by atoms with Gasteiger partial charge in [0.15, 0.2) is 5.16 Å². The molecule has 0 saturated heterocycles. The summed E-state index contributed by atoms with van der Waals surface area (Å²) in [5.41, 5.74) is 3.57. The van der Waals surface area contributed by atoms with E-state index in [0.717, 1.165) is 28.1 Å². The highest BCUT2D eigenvalue weighted by Crippen LogP contribution is 2.23. The summed E-state index contributed by atoms with van der Waals surface area (Å²) in [6.07, 6.45) is 3.32. The van der Waals surface area contributed by atoms with Gasteiger partial charge < -0.3 is 5.32 Å². The Morgan fingerprint density at radius 3 is 2.59 bits per heavy atom. The smallest absolute Gasteiger partial charge is 0.267 e. The summed E-state index contributed by atoms with van der Waals surface area (Å²) in [6, 6.07) is 20.0. The van der Waals surface area contributed by atoms with Crippen LogP contribution < -0.4 is 10.9 Å². The van der Waals surface area contributed by atoms with Crippen LogP contribution in [-0.2, 0) is 19.6 Å². The van der Waals surface area contributed by atoms with Gasteiger partial charge >= 0.3 is 0 Å². The number of hydrogen-bond acceptors (Lipinski definition) is 5. The van der Waals surface area contributed by atoms with Gasteiger partial charge in [0.2, 0.25) is 0 Å². The maximum atomic E-state index is 12.8. The van der Waals surface area contributed by atoms with Crippen LogP contribution in [0.15, 0.2) is 83.0 Å². The lowest BCUT2D eigenvalue weighted by Crippen LogP contribution is -2.33. The normalized spacial score (nSPS) is 12.5. The summed E-state index contributed by atoms with van der Waals surface area (Å²) in [5, 5.41) is 8.32. The monoisotopic (exact) mass is 443 g/mol. The van der Waals surface area contributed by atoms with E-state index in [0.29, 0.717) is 18.2 Å². The molecule has 7 nitrogen and oxygen atoms in total. The van der Waals surface area contributed by atoms with E-state index in [-0.39, 0.29) is 17.7 Å². The lowest BCUT2D eigenvalue weighted by atomic mass is 10.1. The summed E-state index contributed by atoms with van der Waals surface area (Å²) >= 11 is 1.52. The first-order valence-electron chi connectivity index (χ1n) is 10.4. The van der Waals surface area contributed by atoms with Crippen molar-refractivity contribution in [2.45, 2.75) is 24.8 Å². The molecule has 0 radical (unpaired) electrons. The molecule has 0 saturated carbocycles. The molecular weight excluding hydrogens is 422 g/mol. The minimum atomic E-state index is -0.426. The van der Waals surface area contributed by atoms with Gasteiger partial charge in [-0.25, -0.2) is 4.98 Å². The third-order valence-electron chi connectivity index (χ3n) is 5.31. The van der Waals surface area contributed by atoms with Crippen molar-refractivity contribution in [2.75, 3.05) is 5.75 Å². The van der Waals surface area contributed by atoms with E-state index in [1.807, 2.05) is 59.4 Å². The molecule has 1 amide bonds. The van der Waals surface area contributed by atoms with Crippen LogP contribution >= 0.6 is 11.8 Å². The van der Waals surface area contributed by atoms with Crippen LogP contribution in [0.4, 0.5) is 0 Å². The van der Waals surface area contributed by atoms with Crippen molar-refractivity contribution in [3.63, 3.8) is 0 Å². The Morgan fingerprint density at radius 2 is 1.81 bits per heavy atom. The van der Waals surface area contributed by atoms with E-state index >= 15 is 0 Å². The maximum Gasteiger partial charge on any atom is 0.267 e. The molecule has 32 heavy (non-hydrogen) atoms. The molecule has 0 unspecified atom stereocenters. The van der Waals surface area contributed by atoms with Crippen LogP contribution in [0.5, 0.6) is 0 Å². The molecule has 0 aliphatic carbocycles.